The number of aromatic hydroxyl groups is 1. The maximum atomic E-state index is 9.74. The molecule has 1 aromatic rings. The third kappa shape index (κ3) is 2.50. The summed E-state index contributed by atoms with van der Waals surface area (Å²) in [6.45, 7) is 1.88. The molecule has 2 aliphatic rings. The highest BCUT2D eigenvalue weighted by Gasteiger charge is 2.53. The predicted octanol–water partition coefficient (Wildman–Crippen LogP) is 3.43. The second kappa shape index (κ2) is 4.29. The van der Waals surface area contributed by atoms with Crippen molar-refractivity contribution in [2.75, 3.05) is 6.54 Å². The van der Waals surface area contributed by atoms with Crippen LogP contribution in [0.1, 0.15) is 31.2 Å². The van der Waals surface area contributed by atoms with Crippen LogP contribution in [0.25, 0.3) is 0 Å². The largest absolute Gasteiger partial charge is 0.508 e. The van der Waals surface area contributed by atoms with Crippen molar-refractivity contribution in [3.63, 3.8) is 0 Å². The smallest absolute Gasteiger partial charge is 0.120 e. The quantitative estimate of drug-likeness (QED) is 0.872. The molecule has 0 heterocycles. The molecule has 2 nitrogen and oxygen atoms in total. The van der Waals surface area contributed by atoms with Gasteiger partial charge in [0.05, 0.1) is 0 Å². The Balaban J connectivity index is 1.55. The molecular weight excluding hydrogens is 278 g/mol. The number of hydrogen-bond donors (Lipinski definition) is 2. The van der Waals surface area contributed by atoms with Crippen LogP contribution in [0, 0.1) is 11.3 Å². The van der Waals surface area contributed by atoms with E-state index in [4.69, 9.17) is 0 Å². The first-order valence-corrected chi connectivity index (χ1v) is 7.17. The summed E-state index contributed by atoms with van der Waals surface area (Å²) in [4.78, 5) is 0. The molecule has 0 spiro atoms. The topological polar surface area (TPSA) is 32.3 Å². The van der Waals surface area contributed by atoms with Gasteiger partial charge in [-0.3, -0.25) is 0 Å². The van der Waals surface area contributed by atoms with Gasteiger partial charge in [-0.2, -0.15) is 0 Å². The number of benzene rings is 1. The lowest BCUT2D eigenvalue weighted by Crippen LogP contribution is -2.25. The molecule has 2 aliphatic carbocycles. The van der Waals surface area contributed by atoms with Crippen LogP contribution in [0.15, 0.2) is 22.7 Å². The Hall–Kier alpha value is -0.540. The SMILES string of the molecule is Oc1ccc(Br)cc1CNCC1(C2CC2)CC1. The van der Waals surface area contributed by atoms with Gasteiger partial charge in [-0.1, -0.05) is 15.9 Å². The van der Waals surface area contributed by atoms with Crippen LogP contribution in [-0.2, 0) is 6.54 Å². The van der Waals surface area contributed by atoms with Crippen LogP contribution in [0.2, 0.25) is 0 Å². The Morgan fingerprint density at radius 3 is 2.76 bits per heavy atom. The summed E-state index contributed by atoms with van der Waals surface area (Å²) < 4.78 is 1.02. The van der Waals surface area contributed by atoms with E-state index < -0.39 is 0 Å². The lowest BCUT2D eigenvalue weighted by Gasteiger charge is -2.15. The van der Waals surface area contributed by atoms with Crippen LogP contribution >= 0.6 is 15.9 Å². The number of hydrogen-bond acceptors (Lipinski definition) is 2. The molecule has 92 valence electrons. The first kappa shape index (κ1) is 11.5. The van der Waals surface area contributed by atoms with Crippen molar-refractivity contribution in [1.29, 1.82) is 0 Å². The van der Waals surface area contributed by atoms with E-state index in [1.165, 1.54) is 25.7 Å². The van der Waals surface area contributed by atoms with Gasteiger partial charge in [0.2, 0.25) is 0 Å². The molecular formula is C14H18BrNO. The minimum absolute atomic E-state index is 0.386. The lowest BCUT2D eigenvalue weighted by molar-refractivity contribution is 0.399. The Morgan fingerprint density at radius 2 is 2.12 bits per heavy atom. The van der Waals surface area contributed by atoms with Crippen molar-refractivity contribution in [2.45, 2.75) is 32.2 Å². The minimum atomic E-state index is 0.386. The Bertz CT molecular complexity index is 424. The third-order valence-electron chi connectivity index (χ3n) is 4.17. The second-order valence-electron chi connectivity index (χ2n) is 5.51. The van der Waals surface area contributed by atoms with Gasteiger partial charge in [-0.05, 0) is 55.2 Å². The van der Waals surface area contributed by atoms with E-state index in [9.17, 15) is 5.11 Å². The predicted molar refractivity (Wildman–Crippen MR) is 71.9 cm³/mol. The number of nitrogens with one attached hydrogen (secondary N) is 1. The zero-order valence-corrected chi connectivity index (χ0v) is 11.5. The normalized spacial score (nSPS) is 21.5. The minimum Gasteiger partial charge on any atom is -0.508 e. The Kier molecular flexibility index (Phi) is 2.91. The van der Waals surface area contributed by atoms with E-state index >= 15 is 0 Å². The first-order valence-electron chi connectivity index (χ1n) is 6.38. The van der Waals surface area contributed by atoms with E-state index in [-0.39, 0.29) is 0 Å². The fourth-order valence-electron chi connectivity index (χ4n) is 2.73. The molecule has 0 radical (unpaired) electrons. The molecule has 1 aromatic carbocycles. The van der Waals surface area contributed by atoms with E-state index in [1.807, 2.05) is 12.1 Å². The van der Waals surface area contributed by atoms with Gasteiger partial charge in [0.1, 0.15) is 5.75 Å². The Morgan fingerprint density at radius 1 is 1.35 bits per heavy atom. The first-order chi connectivity index (χ1) is 8.20. The maximum Gasteiger partial charge on any atom is 0.120 e. The van der Waals surface area contributed by atoms with Crippen LogP contribution in [0.4, 0.5) is 0 Å². The van der Waals surface area contributed by atoms with Crippen molar-refractivity contribution in [2.24, 2.45) is 11.3 Å². The molecule has 3 heteroatoms. The molecule has 0 saturated heterocycles. The summed E-state index contributed by atoms with van der Waals surface area (Å²) >= 11 is 3.43. The summed E-state index contributed by atoms with van der Waals surface area (Å²) in [5.74, 6) is 1.38. The van der Waals surface area contributed by atoms with Gasteiger partial charge in [0.25, 0.3) is 0 Å². The monoisotopic (exact) mass is 295 g/mol. The number of halogens is 1. The fourth-order valence-corrected chi connectivity index (χ4v) is 3.14. The van der Waals surface area contributed by atoms with E-state index in [0.29, 0.717) is 11.2 Å². The van der Waals surface area contributed by atoms with E-state index in [1.54, 1.807) is 6.07 Å². The highest BCUT2D eigenvalue weighted by atomic mass is 79.9. The zero-order valence-electron chi connectivity index (χ0n) is 9.88. The molecule has 2 fully saturated rings. The molecule has 0 amide bonds. The average molecular weight is 296 g/mol. The maximum absolute atomic E-state index is 9.74. The third-order valence-corrected chi connectivity index (χ3v) is 4.66. The van der Waals surface area contributed by atoms with Crippen LogP contribution in [0.5, 0.6) is 5.75 Å². The van der Waals surface area contributed by atoms with Crippen LogP contribution < -0.4 is 5.32 Å². The summed E-state index contributed by atoms with van der Waals surface area (Å²) in [6.07, 6.45) is 5.66. The zero-order chi connectivity index (χ0) is 11.9. The average Bonchev–Trinajstić information content (AvgIpc) is 3.14. The molecule has 2 saturated carbocycles. The highest BCUT2D eigenvalue weighted by molar-refractivity contribution is 9.10. The molecule has 0 atom stereocenters. The lowest BCUT2D eigenvalue weighted by atomic mass is 10.0. The van der Waals surface area contributed by atoms with Gasteiger partial charge in [-0.25, -0.2) is 0 Å². The number of rotatable bonds is 5. The van der Waals surface area contributed by atoms with Gasteiger partial charge < -0.3 is 10.4 Å². The van der Waals surface area contributed by atoms with Gasteiger partial charge in [-0.15, -0.1) is 0 Å². The molecule has 3 rings (SSSR count). The van der Waals surface area contributed by atoms with E-state index in [2.05, 4.69) is 21.2 Å². The van der Waals surface area contributed by atoms with Crippen LogP contribution in [0.3, 0.4) is 0 Å². The summed E-state index contributed by atoms with van der Waals surface area (Å²) in [5.41, 5.74) is 1.60. The van der Waals surface area contributed by atoms with Crippen molar-refractivity contribution in [1.82, 2.24) is 5.32 Å². The van der Waals surface area contributed by atoms with Crippen LogP contribution in [-0.4, -0.2) is 11.7 Å². The van der Waals surface area contributed by atoms with Gasteiger partial charge in [0, 0.05) is 23.1 Å². The molecule has 17 heavy (non-hydrogen) atoms. The molecule has 0 unspecified atom stereocenters. The molecule has 0 aromatic heterocycles. The van der Waals surface area contributed by atoms with Crippen molar-refractivity contribution in [3.05, 3.63) is 28.2 Å². The van der Waals surface area contributed by atoms with Crippen molar-refractivity contribution in [3.8, 4) is 5.75 Å². The van der Waals surface area contributed by atoms with E-state index in [0.717, 1.165) is 29.0 Å². The van der Waals surface area contributed by atoms with Gasteiger partial charge in [0.15, 0.2) is 0 Å². The number of phenolic OH excluding ortho intramolecular Hbond substituents is 1. The standard InChI is InChI=1S/C14H18BrNO/c15-12-3-4-13(17)10(7-12)8-16-9-14(5-6-14)11-1-2-11/h3-4,7,11,16-17H,1-2,5-6,8-9H2. The molecule has 0 aliphatic heterocycles. The van der Waals surface area contributed by atoms with Crippen molar-refractivity contribution >= 4 is 15.9 Å². The summed E-state index contributed by atoms with van der Waals surface area (Å²) in [5, 5.41) is 13.3. The highest BCUT2D eigenvalue weighted by Crippen LogP contribution is 2.60. The fraction of sp³-hybridized carbons (Fsp3) is 0.571. The van der Waals surface area contributed by atoms with Crippen molar-refractivity contribution < 1.29 is 5.11 Å². The summed E-state index contributed by atoms with van der Waals surface area (Å²) in [7, 11) is 0. The second-order valence-corrected chi connectivity index (χ2v) is 6.43. The molecule has 2 N–H and O–H groups in total. The number of phenols is 1. The Labute approximate surface area is 111 Å². The van der Waals surface area contributed by atoms with Gasteiger partial charge >= 0.3 is 0 Å². The summed E-state index contributed by atoms with van der Waals surface area (Å²) in [6, 6.07) is 5.60. The molecule has 0 bridgehead atoms.